The molecule has 3 fully saturated rings. The average molecular weight is 900 g/mol. The maximum Gasteiger partial charge on any atom is 0.351 e. The third-order valence-corrected chi connectivity index (χ3v) is 12.8. The number of aliphatic hydroxyl groups is 2. The number of rotatable bonds is 14. The number of hydrogen-bond acceptors (Lipinski definition) is 24. The Kier molecular flexibility index (Phi) is 11.6. The van der Waals surface area contributed by atoms with Crippen molar-refractivity contribution in [3.8, 4) is 0 Å². The van der Waals surface area contributed by atoms with Crippen molar-refractivity contribution in [3.63, 3.8) is 0 Å². The zero-order valence-electron chi connectivity index (χ0n) is 30.2. The highest BCUT2D eigenvalue weighted by Gasteiger charge is 2.43. The van der Waals surface area contributed by atoms with Gasteiger partial charge in [-0.05, 0) is 6.07 Å². The van der Waals surface area contributed by atoms with Crippen molar-refractivity contribution in [2.24, 2.45) is 0 Å². The van der Waals surface area contributed by atoms with Crippen LogP contribution in [0.25, 0.3) is 22.3 Å². The number of aromatic nitrogens is 10. The number of anilines is 3. The lowest BCUT2D eigenvalue weighted by molar-refractivity contribution is -0.215. The lowest BCUT2D eigenvalue weighted by Crippen LogP contribution is -2.32. The molecule has 8 rings (SSSR count). The second-order valence-corrected chi connectivity index (χ2v) is 18.9. The highest BCUT2D eigenvalue weighted by atomic mass is 32.7. The number of hydrogen-bond donors (Lipinski definition) is 6. The van der Waals surface area contributed by atoms with Crippen LogP contribution in [-0.2, 0) is 60.9 Å². The highest BCUT2D eigenvalue weighted by molar-refractivity contribution is 8.32. The summed E-state index contributed by atoms with van der Waals surface area (Å²) in [7, 11) is 0. The molecule has 0 bridgehead atoms. The first kappa shape index (κ1) is 41.7. The number of nitrogen functional groups attached to an aromatic ring is 3. The van der Waals surface area contributed by atoms with E-state index >= 15 is 0 Å². The molecule has 2 unspecified atom stereocenters. The average Bonchev–Trinajstić information content (AvgIpc) is 4.00. The number of nitrogens with two attached hydrogens (primary N) is 3. The van der Waals surface area contributed by atoms with E-state index in [1.165, 1.54) is 35.8 Å². The van der Waals surface area contributed by atoms with Gasteiger partial charge < -0.3 is 76.9 Å². The van der Waals surface area contributed by atoms with Crippen LogP contribution in [0.3, 0.4) is 0 Å². The molecule has 8 heterocycles. The SMILES string of the molecule is Nc1ccn([C@H]2C[C@@H](OP([O-])(=S)OC[C@H]3O[C@@H](n4cnc5c(=O)[nH]c(N)nc54)C[C@H]3OP(=O)([S-])OC[C@H]3O[C@@H](n4cnc5c(N)ncnc54)C[C@H]3O)[C@@H](CO)O2)c(=O)n1. The standard InChI is InChI=1S/C29H37N13O13P2S2/c30-18-1-2-40(29(46)37-18)20-4-13(15(6-43)51-20)54-57(48,59)50-8-17-14(5-21(53-17)42-11-36-23-26(42)38-28(32)39-27(23)45)55-56(47,58)49-7-16-12(44)3-19(52-16)41-10-35-22-24(31)33-9-34-25(22)41/h1-2,9-17,19-21,43-44H,3-8H2,(H,47,58)(H,48,59)(H2,30,37,46)(H2,31,33,34)(H3,32,38,39,45)/p-2/t12-,13-,14-,15-,16-,17-,19-,20-,21-,56?,57?/m1/s1. The number of H-pyrrole nitrogens is 1. The number of aromatic amines is 1. The molecule has 0 radical (unpaired) electrons. The predicted octanol–water partition coefficient (Wildman–Crippen LogP) is -1.78. The van der Waals surface area contributed by atoms with Gasteiger partial charge in [-0.3, -0.25) is 28.0 Å². The normalized spacial score (nSPS) is 29.3. The summed E-state index contributed by atoms with van der Waals surface area (Å²) in [6.07, 6.45) is -4.12. The molecule has 5 aromatic rings. The molecule has 26 nitrogen and oxygen atoms in total. The van der Waals surface area contributed by atoms with Crippen molar-refractivity contribution in [2.45, 2.75) is 74.6 Å². The zero-order chi connectivity index (χ0) is 41.8. The van der Waals surface area contributed by atoms with E-state index in [1.54, 1.807) is 4.57 Å². The van der Waals surface area contributed by atoms with E-state index in [-0.39, 0.29) is 48.0 Å². The van der Waals surface area contributed by atoms with Gasteiger partial charge >= 0.3 is 5.69 Å². The lowest BCUT2D eigenvalue weighted by Gasteiger charge is -2.34. The predicted molar refractivity (Wildman–Crippen MR) is 205 cm³/mol. The van der Waals surface area contributed by atoms with E-state index in [0.29, 0.717) is 11.2 Å². The van der Waals surface area contributed by atoms with Crippen LogP contribution in [0.1, 0.15) is 37.9 Å². The summed E-state index contributed by atoms with van der Waals surface area (Å²) < 4.78 is 58.3. The minimum Gasteiger partial charge on any atom is -0.780 e. The van der Waals surface area contributed by atoms with Gasteiger partial charge in [0.25, 0.3) is 5.56 Å². The third kappa shape index (κ3) is 8.78. The second-order valence-electron chi connectivity index (χ2n) is 13.5. The fourth-order valence-corrected chi connectivity index (χ4v) is 9.83. The first-order chi connectivity index (χ1) is 28.1. The van der Waals surface area contributed by atoms with E-state index in [2.05, 4.69) is 34.9 Å². The van der Waals surface area contributed by atoms with Crippen molar-refractivity contribution in [2.75, 3.05) is 37.0 Å². The topological polar surface area (TPSA) is 365 Å². The molecule has 3 aliphatic rings. The molecule has 0 aromatic carbocycles. The molecule has 0 amide bonds. The van der Waals surface area contributed by atoms with Crippen LogP contribution < -0.4 is 33.3 Å². The minimum atomic E-state index is -4.42. The van der Waals surface area contributed by atoms with Gasteiger partial charge in [0.05, 0.1) is 50.8 Å². The molecule has 5 aromatic heterocycles. The molecular formula is C29H35N13O13P2S2-2. The molecule has 0 saturated carbocycles. The van der Waals surface area contributed by atoms with Crippen molar-refractivity contribution in [3.05, 3.63) is 52.1 Å². The lowest BCUT2D eigenvalue weighted by atomic mass is 10.2. The van der Waals surface area contributed by atoms with Gasteiger partial charge in [0.2, 0.25) is 5.95 Å². The Bertz CT molecular complexity index is 2580. The van der Waals surface area contributed by atoms with Gasteiger partial charge in [-0.2, -0.15) is 9.97 Å². The van der Waals surface area contributed by atoms with E-state index in [9.17, 15) is 29.3 Å². The van der Waals surface area contributed by atoms with Crippen LogP contribution in [0.2, 0.25) is 0 Å². The summed E-state index contributed by atoms with van der Waals surface area (Å²) in [5.41, 5.74) is 16.6. The minimum absolute atomic E-state index is 0.00906. The van der Waals surface area contributed by atoms with Crippen LogP contribution in [0.5, 0.6) is 0 Å². The van der Waals surface area contributed by atoms with Gasteiger partial charge in [-0.15, -0.1) is 0 Å². The Morgan fingerprint density at radius 2 is 1.53 bits per heavy atom. The van der Waals surface area contributed by atoms with Crippen LogP contribution in [0, 0.1) is 0 Å². The monoisotopic (exact) mass is 899 g/mol. The number of aliphatic hydroxyl groups excluding tert-OH is 2. The third-order valence-electron chi connectivity index (χ3n) is 9.69. The van der Waals surface area contributed by atoms with E-state index < -0.39 is 99.9 Å². The maximum absolute atomic E-state index is 13.7. The fraction of sp³-hybridized carbons (Fsp3) is 0.517. The Hall–Kier alpha value is -3.99. The van der Waals surface area contributed by atoms with E-state index in [1.807, 2.05) is 0 Å². The quantitative estimate of drug-likeness (QED) is 0.0530. The van der Waals surface area contributed by atoms with Gasteiger partial charge in [-0.25, -0.2) is 24.7 Å². The molecule has 11 atom stereocenters. The molecule has 59 heavy (non-hydrogen) atoms. The highest BCUT2D eigenvalue weighted by Crippen LogP contribution is 2.52. The molecular weight excluding hydrogens is 864 g/mol. The number of imidazole rings is 2. The van der Waals surface area contributed by atoms with Crippen molar-refractivity contribution in [1.29, 1.82) is 0 Å². The largest absolute Gasteiger partial charge is 0.780 e. The fourth-order valence-electron chi connectivity index (χ4n) is 6.92. The summed E-state index contributed by atoms with van der Waals surface area (Å²) in [4.78, 5) is 65.1. The molecule has 0 spiro atoms. The molecule has 30 heteroatoms. The van der Waals surface area contributed by atoms with Crippen LogP contribution in [0.15, 0.2) is 40.8 Å². The summed E-state index contributed by atoms with van der Waals surface area (Å²) in [5.74, 6) is -0.0438. The summed E-state index contributed by atoms with van der Waals surface area (Å²) in [6.45, 7) is -10.5. The van der Waals surface area contributed by atoms with E-state index in [4.69, 9.17) is 73.6 Å². The van der Waals surface area contributed by atoms with E-state index in [0.717, 1.165) is 4.57 Å². The summed E-state index contributed by atoms with van der Waals surface area (Å²) >= 11 is 10.4. The summed E-state index contributed by atoms with van der Waals surface area (Å²) in [6, 6.07) is 1.38. The Morgan fingerprint density at radius 3 is 2.27 bits per heavy atom. The number of ether oxygens (including phenoxy) is 3. The van der Waals surface area contributed by atoms with Gasteiger partial charge in [-0.1, -0.05) is 11.8 Å². The molecule has 318 valence electrons. The summed E-state index contributed by atoms with van der Waals surface area (Å²) in [5, 5.41) is 20.8. The van der Waals surface area contributed by atoms with Gasteiger partial charge in [0, 0.05) is 25.5 Å². The first-order valence-corrected chi connectivity index (χ1v) is 22.7. The Labute approximate surface area is 340 Å². The van der Waals surface area contributed by atoms with Crippen LogP contribution in [0.4, 0.5) is 17.6 Å². The number of fused-ring (bicyclic) bond motifs is 2. The van der Waals surface area contributed by atoms with Crippen LogP contribution >= 0.6 is 13.5 Å². The zero-order valence-corrected chi connectivity index (χ0v) is 33.6. The maximum atomic E-state index is 13.7. The van der Waals surface area contributed by atoms with Crippen molar-refractivity contribution in [1.82, 2.24) is 48.6 Å². The Morgan fingerprint density at radius 1 is 0.881 bits per heavy atom. The number of nitrogens with zero attached hydrogens (tertiary/aromatic N) is 9. The van der Waals surface area contributed by atoms with Crippen molar-refractivity contribution < 1.29 is 52.0 Å². The van der Waals surface area contributed by atoms with Crippen molar-refractivity contribution >= 4 is 77.5 Å². The molecule has 0 aliphatic carbocycles. The van der Waals surface area contributed by atoms with Gasteiger partial charge in [0.15, 0.2) is 29.4 Å². The first-order valence-electron chi connectivity index (χ1n) is 17.6. The second kappa shape index (κ2) is 16.5. The molecule has 3 saturated heterocycles. The number of nitrogens with one attached hydrogen (secondary N) is 1. The smallest absolute Gasteiger partial charge is 0.351 e. The Balaban J connectivity index is 0.954. The molecule has 9 N–H and O–H groups in total. The van der Waals surface area contributed by atoms with Gasteiger partial charge in [0.1, 0.15) is 61.4 Å². The molecule has 3 aliphatic heterocycles. The van der Waals surface area contributed by atoms with Crippen LogP contribution in [-0.4, -0.2) is 115 Å².